The number of carbonyl (C=O) groups excluding carboxylic acids is 1. The Morgan fingerprint density at radius 3 is 2.00 bits per heavy atom. The number of likely N-dealkylation sites (tertiary alicyclic amines) is 2. The molecule has 3 heteroatoms. The van der Waals surface area contributed by atoms with Crippen LogP contribution in [0.4, 0.5) is 0 Å². The second-order valence-corrected chi connectivity index (χ2v) is 7.06. The molecule has 3 nitrogen and oxygen atoms in total. The van der Waals surface area contributed by atoms with Gasteiger partial charge in [-0.1, -0.05) is 34.6 Å². The molecule has 0 aromatic heterocycles. The maximum atomic E-state index is 11.7. The summed E-state index contributed by atoms with van der Waals surface area (Å²) in [4.78, 5) is 16.4. The first kappa shape index (κ1) is 19.5. The average molecular weight is 311 g/mol. The SMILES string of the molecule is CC.CCC(=O)N1CCC(CN2CCC(C(C)C)CC2)CC1. The highest BCUT2D eigenvalue weighted by molar-refractivity contribution is 5.75. The summed E-state index contributed by atoms with van der Waals surface area (Å²) in [5.74, 6) is 2.93. The Kier molecular flexibility index (Phi) is 9.08. The van der Waals surface area contributed by atoms with Crippen molar-refractivity contribution in [1.82, 2.24) is 9.80 Å². The molecule has 0 N–H and O–H groups in total. The molecule has 2 rings (SSSR count). The highest BCUT2D eigenvalue weighted by Crippen LogP contribution is 2.26. The van der Waals surface area contributed by atoms with Gasteiger partial charge in [-0.25, -0.2) is 0 Å². The Morgan fingerprint density at radius 2 is 1.55 bits per heavy atom. The fourth-order valence-electron chi connectivity index (χ4n) is 3.76. The van der Waals surface area contributed by atoms with Gasteiger partial charge in [0.25, 0.3) is 0 Å². The zero-order valence-corrected chi connectivity index (χ0v) is 15.6. The van der Waals surface area contributed by atoms with E-state index in [1.807, 2.05) is 20.8 Å². The van der Waals surface area contributed by atoms with Crippen molar-refractivity contribution in [1.29, 1.82) is 0 Å². The van der Waals surface area contributed by atoms with Gasteiger partial charge in [0.2, 0.25) is 5.91 Å². The van der Waals surface area contributed by atoms with Gasteiger partial charge in [-0.3, -0.25) is 4.79 Å². The maximum absolute atomic E-state index is 11.7. The Balaban J connectivity index is 0.00000116. The van der Waals surface area contributed by atoms with Crippen LogP contribution in [-0.4, -0.2) is 48.4 Å². The van der Waals surface area contributed by atoms with Crippen LogP contribution >= 0.6 is 0 Å². The number of hydrogen-bond donors (Lipinski definition) is 0. The Hall–Kier alpha value is -0.570. The second kappa shape index (κ2) is 10.3. The molecular weight excluding hydrogens is 272 g/mol. The largest absolute Gasteiger partial charge is 0.343 e. The Labute approximate surface area is 138 Å². The zero-order valence-electron chi connectivity index (χ0n) is 15.6. The molecule has 2 heterocycles. The van der Waals surface area contributed by atoms with E-state index in [1.54, 1.807) is 0 Å². The van der Waals surface area contributed by atoms with E-state index >= 15 is 0 Å². The molecule has 0 aromatic carbocycles. The summed E-state index contributed by atoms with van der Waals surface area (Å²) in [5, 5.41) is 0. The third kappa shape index (κ3) is 5.91. The van der Waals surface area contributed by atoms with E-state index in [0.29, 0.717) is 12.3 Å². The standard InChI is InChI=1S/C17H32N2O.C2H6/c1-4-17(20)19-11-5-15(6-12-19)13-18-9-7-16(8-10-18)14(2)3;1-2/h14-16H,4-13H2,1-3H3;1-2H3. The average Bonchev–Trinajstić information content (AvgIpc) is 2.57. The molecule has 0 aromatic rings. The highest BCUT2D eigenvalue weighted by Gasteiger charge is 2.26. The van der Waals surface area contributed by atoms with Gasteiger partial charge in [0.1, 0.15) is 0 Å². The smallest absolute Gasteiger partial charge is 0.222 e. The van der Waals surface area contributed by atoms with Gasteiger partial charge in [0.15, 0.2) is 0 Å². The first-order valence-electron chi connectivity index (χ1n) is 9.60. The van der Waals surface area contributed by atoms with Crippen molar-refractivity contribution in [2.45, 2.75) is 66.7 Å². The summed E-state index contributed by atoms with van der Waals surface area (Å²) in [5.41, 5.74) is 0. The van der Waals surface area contributed by atoms with Crippen molar-refractivity contribution in [3.63, 3.8) is 0 Å². The minimum absolute atomic E-state index is 0.334. The van der Waals surface area contributed by atoms with Crippen LogP contribution in [-0.2, 0) is 4.79 Å². The lowest BCUT2D eigenvalue weighted by Gasteiger charge is -2.38. The van der Waals surface area contributed by atoms with Crippen LogP contribution in [0, 0.1) is 17.8 Å². The van der Waals surface area contributed by atoms with Crippen molar-refractivity contribution in [2.75, 3.05) is 32.7 Å². The predicted octanol–water partition coefficient (Wildman–Crippen LogP) is 4.03. The van der Waals surface area contributed by atoms with Gasteiger partial charge >= 0.3 is 0 Å². The molecular formula is C19H38N2O. The highest BCUT2D eigenvalue weighted by atomic mass is 16.2. The molecule has 0 unspecified atom stereocenters. The van der Waals surface area contributed by atoms with Crippen LogP contribution in [0.2, 0.25) is 0 Å². The van der Waals surface area contributed by atoms with E-state index < -0.39 is 0 Å². The number of hydrogen-bond acceptors (Lipinski definition) is 2. The Bertz CT molecular complexity index is 301. The van der Waals surface area contributed by atoms with E-state index in [4.69, 9.17) is 0 Å². The molecule has 0 radical (unpaired) electrons. The lowest BCUT2D eigenvalue weighted by molar-refractivity contribution is -0.132. The summed E-state index contributed by atoms with van der Waals surface area (Å²) >= 11 is 0. The van der Waals surface area contributed by atoms with Crippen LogP contribution in [0.3, 0.4) is 0 Å². The molecule has 0 saturated carbocycles. The van der Waals surface area contributed by atoms with E-state index in [2.05, 4.69) is 23.6 Å². The predicted molar refractivity (Wildman–Crippen MR) is 94.9 cm³/mol. The zero-order chi connectivity index (χ0) is 16.5. The molecule has 0 aliphatic carbocycles. The molecule has 0 spiro atoms. The number of nitrogens with zero attached hydrogens (tertiary/aromatic N) is 2. The third-order valence-corrected chi connectivity index (χ3v) is 5.36. The van der Waals surface area contributed by atoms with Crippen molar-refractivity contribution in [3.05, 3.63) is 0 Å². The van der Waals surface area contributed by atoms with Gasteiger partial charge in [0.05, 0.1) is 0 Å². The van der Waals surface area contributed by atoms with Crippen LogP contribution in [0.5, 0.6) is 0 Å². The molecule has 2 aliphatic heterocycles. The topological polar surface area (TPSA) is 23.6 Å². The van der Waals surface area contributed by atoms with Crippen LogP contribution in [0.1, 0.15) is 66.7 Å². The van der Waals surface area contributed by atoms with Crippen molar-refractivity contribution in [3.8, 4) is 0 Å². The molecule has 2 fully saturated rings. The van der Waals surface area contributed by atoms with Crippen LogP contribution < -0.4 is 0 Å². The fourth-order valence-corrected chi connectivity index (χ4v) is 3.76. The number of amides is 1. The molecule has 2 saturated heterocycles. The van der Waals surface area contributed by atoms with E-state index in [0.717, 1.165) is 30.8 Å². The van der Waals surface area contributed by atoms with Crippen molar-refractivity contribution >= 4 is 5.91 Å². The Morgan fingerprint density at radius 1 is 1.00 bits per heavy atom. The van der Waals surface area contributed by atoms with Crippen molar-refractivity contribution in [2.24, 2.45) is 17.8 Å². The first-order valence-corrected chi connectivity index (χ1v) is 9.60. The molecule has 0 bridgehead atoms. The normalized spacial score (nSPS) is 21.6. The van der Waals surface area contributed by atoms with Gasteiger partial charge in [0, 0.05) is 26.1 Å². The third-order valence-electron chi connectivity index (χ3n) is 5.36. The first-order chi connectivity index (χ1) is 10.6. The molecule has 0 atom stereocenters. The van der Waals surface area contributed by atoms with Crippen LogP contribution in [0.25, 0.3) is 0 Å². The summed E-state index contributed by atoms with van der Waals surface area (Å²) in [6.45, 7) is 16.5. The van der Waals surface area contributed by atoms with E-state index in [-0.39, 0.29) is 0 Å². The summed E-state index contributed by atoms with van der Waals surface area (Å²) < 4.78 is 0. The van der Waals surface area contributed by atoms with Crippen LogP contribution in [0.15, 0.2) is 0 Å². The minimum Gasteiger partial charge on any atom is -0.343 e. The molecule has 2 aliphatic rings. The van der Waals surface area contributed by atoms with Gasteiger partial charge in [-0.2, -0.15) is 0 Å². The number of piperidine rings is 2. The molecule has 130 valence electrons. The number of carbonyl (C=O) groups is 1. The van der Waals surface area contributed by atoms with Gasteiger partial charge in [-0.15, -0.1) is 0 Å². The van der Waals surface area contributed by atoms with Gasteiger partial charge < -0.3 is 9.80 Å². The van der Waals surface area contributed by atoms with Crippen molar-refractivity contribution < 1.29 is 4.79 Å². The second-order valence-electron chi connectivity index (χ2n) is 7.06. The monoisotopic (exact) mass is 310 g/mol. The lowest BCUT2D eigenvalue weighted by Crippen LogP contribution is -2.43. The minimum atomic E-state index is 0.334. The van der Waals surface area contributed by atoms with E-state index in [1.165, 1.54) is 45.3 Å². The summed E-state index contributed by atoms with van der Waals surface area (Å²) in [6.07, 6.45) is 5.83. The lowest BCUT2D eigenvalue weighted by atomic mass is 9.86. The summed E-state index contributed by atoms with van der Waals surface area (Å²) in [6, 6.07) is 0. The molecule has 22 heavy (non-hydrogen) atoms. The maximum Gasteiger partial charge on any atom is 0.222 e. The quantitative estimate of drug-likeness (QED) is 0.782. The fraction of sp³-hybridized carbons (Fsp3) is 0.947. The molecule has 1 amide bonds. The number of rotatable bonds is 4. The van der Waals surface area contributed by atoms with Gasteiger partial charge in [-0.05, 0) is 56.5 Å². The van der Waals surface area contributed by atoms with E-state index in [9.17, 15) is 4.79 Å². The summed E-state index contributed by atoms with van der Waals surface area (Å²) in [7, 11) is 0.